The summed E-state index contributed by atoms with van der Waals surface area (Å²) in [5, 5.41) is 13.0. The standard InChI is InChI=1S/C30H22Cl2F3N3O2/c1-18-12-21(13-22(16-36)29(39)37-25-5-3-4-23(14-25)30(33,34)35)19(2)38(18)26-8-10-27(11-9-26)40-17-20-6-7-24(31)15-28(20)32/h3-15H,17H2,1-2H3,(H,37,39)/b22-13-. The fourth-order valence-electron chi connectivity index (χ4n) is 4.10. The highest BCUT2D eigenvalue weighted by molar-refractivity contribution is 6.35. The van der Waals surface area contributed by atoms with E-state index in [4.69, 9.17) is 27.9 Å². The van der Waals surface area contributed by atoms with E-state index in [9.17, 15) is 23.2 Å². The van der Waals surface area contributed by atoms with Crippen molar-refractivity contribution in [2.75, 3.05) is 5.32 Å². The second kappa shape index (κ2) is 11.9. The van der Waals surface area contributed by atoms with Gasteiger partial charge in [0, 0.05) is 38.4 Å². The van der Waals surface area contributed by atoms with E-state index in [0.717, 1.165) is 34.8 Å². The van der Waals surface area contributed by atoms with Crippen molar-refractivity contribution in [3.8, 4) is 17.5 Å². The van der Waals surface area contributed by atoms with Crippen LogP contribution in [0.5, 0.6) is 5.75 Å². The zero-order valence-corrected chi connectivity index (χ0v) is 22.8. The van der Waals surface area contributed by atoms with E-state index in [0.29, 0.717) is 21.4 Å². The molecule has 0 saturated carbocycles. The number of carbonyl (C=O) groups is 1. The van der Waals surface area contributed by atoms with Gasteiger partial charge in [0.2, 0.25) is 0 Å². The fourth-order valence-corrected chi connectivity index (χ4v) is 4.56. The molecule has 10 heteroatoms. The van der Waals surface area contributed by atoms with Gasteiger partial charge in [-0.2, -0.15) is 18.4 Å². The Morgan fingerprint density at radius 3 is 2.42 bits per heavy atom. The number of amides is 1. The third-order valence-electron chi connectivity index (χ3n) is 6.09. The normalized spacial score (nSPS) is 11.7. The van der Waals surface area contributed by atoms with Crippen LogP contribution in [0, 0.1) is 25.2 Å². The topological polar surface area (TPSA) is 67.0 Å². The maximum Gasteiger partial charge on any atom is 0.416 e. The summed E-state index contributed by atoms with van der Waals surface area (Å²) in [5.41, 5.74) is 2.65. The second-order valence-electron chi connectivity index (χ2n) is 8.88. The van der Waals surface area contributed by atoms with E-state index in [-0.39, 0.29) is 17.9 Å². The molecule has 3 aromatic carbocycles. The first kappa shape index (κ1) is 28.8. The number of anilines is 1. The molecule has 204 valence electrons. The van der Waals surface area contributed by atoms with Crippen molar-refractivity contribution in [2.24, 2.45) is 0 Å². The maximum absolute atomic E-state index is 13.0. The molecule has 0 aliphatic carbocycles. The number of benzene rings is 3. The summed E-state index contributed by atoms with van der Waals surface area (Å²) in [5.74, 6) is -0.177. The number of aromatic nitrogens is 1. The first-order valence-corrected chi connectivity index (χ1v) is 12.7. The van der Waals surface area contributed by atoms with Gasteiger partial charge < -0.3 is 14.6 Å². The molecule has 0 saturated heterocycles. The highest BCUT2D eigenvalue weighted by Gasteiger charge is 2.30. The zero-order valence-electron chi connectivity index (χ0n) is 21.3. The van der Waals surface area contributed by atoms with E-state index in [1.807, 2.05) is 54.8 Å². The third-order valence-corrected chi connectivity index (χ3v) is 6.67. The van der Waals surface area contributed by atoms with Gasteiger partial charge in [-0.1, -0.05) is 35.3 Å². The molecule has 1 amide bonds. The zero-order chi connectivity index (χ0) is 29.0. The second-order valence-corrected chi connectivity index (χ2v) is 9.73. The molecular formula is C30H22Cl2F3N3O2. The molecule has 4 aromatic rings. The number of nitriles is 1. The Morgan fingerprint density at radius 1 is 1.05 bits per heavy atom. The van der Waals surface area contributed by atoms with Gasteiger partial charge in [-0.15, -0.1) is 0 Å². The predicted molar refractivity (Wildman–Crippen MR) is 150 cm³/mol. The summed E-state index contributed by atoms with van der Waals surface area (Å²) < 4.78 is 46.8. The lowest BCUT2D eigenvalue weighted by Crippen LogP contribution is -2.14. The lowest BCUT2D eigenvalue weighted by molar-refractivity contribution is -0.137. The molecule has 1 heterocycles. The molecule has 0 fully saturated rings. The summed E-state index contributed by atoms with van der Waals surface area (Å²) in [4.78, 5) is 12.7. The average molecular weight is 584 g/mol. The number of hydrogen-bond donors (Lipinski definition) is 1. The third kappa shape index (κ3) is 6.68. The van der Waals surface area contributed by atoms with E-state index in [1.54, 1.807) is 18.2 Å². The Kier molecular flexibility index (Phi) is 8.58. The number of alkyl halides is 3. The maximum atomic E-state index is 13.0. The van der Waals surface area contributed by atoms with Crippen molar-refractivity contribution in [3.05, 3.63) is 116 Å². The molecule has 0 radical (unpaired) electrons. The highest BCUT2D eigenvalue weighted by atomic mass is 35.5. The highest BCUT2D eigenvalue weighted by Crippen LogP contribution is 2.31. The number of nitrogens with one attached hydrogen (secondary N) is 1. The molecule has 0 aliphatic heterocycles. The Balaban J connectivity index is 1.51. The Bertz CT molecular complexity index is 1640. The van der Waals surface area contributed by atoms with Crippen LogP contribution < -0.4 is 10.1 Å². The number of halogens is 5. The van der Waals surface area contributed by atoms with Crippen LogP contribution >= 0.6 is 23.2 Å². The molecule has 5 nitrogen and oxygen atoms in total. The quantitative estimate of drug-likeness (QED) is 0.175. The van der Waals surface area contributed by atoms with Crippen LogP contribution in [0.4, 0.5) is 18.9 Å². The molecule has 1 aromatic heterocycles. The first-order chi connectivity index (χ1) is 19.0. The molecular weight excluding hydrogens is 562 g/mol. The number of carbonyl (C=O) groups excluding carboxylic acids is 1. The van der Waals surface area contributed by atoms with Gasteiger partial charge >= 0.3 is 6.18 Å². The molecule has 40 heavy (non-hydrogen) atoms. The van der Waals surface area contributed by atoms with Gasteiger partial charge in [0.15, 0.2) is 0 Å². The summed E-state index contributed by atoms with van der Waals surface area (Å²) >= 11 is 12.1. The van der Waals surface area contributed by atoms with Crippen molar-refractivity contribution >= 4 is 40.9 Å². The van der Waals surface area contributed by atoms with E-state index < -0.39 is 17.6 Å². The van der Waals surface area contributed by atoms with Gasteiger partial charge in [-0.3, -0.25) is 4.79 Å². The van der Waals surface area contributed by atoms with Gasteiger partial charge in [-0.05, 0) is 86.2 Å². The SMILES string of the molecule is Cc1cc(/C=C(/C#N)C(=O)Nc2cccc(C(F)(F)F)c2)c(C)n1-c1ccc(OCc2ccc(Cl)cc2Cl)cc1. The monoisotopic (exact) mass is 583 g/mol. The average Bonchev–Trinajstić information content (AvgIpc) is 3.19. The van der Waals surface area contributed by atoms with Crippen LogP contribution in [0.25, 0.3) is 11.8 Å². The van der Waals surface area contributed by atoms with Crippen LogP contribution in [0.2, 0.25) is 10.0 Å². The molecule has 1 N–H and O–H groups in total. The van der Waals surface area contributed by atoms with E-state index in [1.165, 1.54) is 18.2 Å². The first-order valence-electron chi connectivity index (χ1n) is 11.9. The minimum atomic E-state index is -4.55. The lowest BCUT2D eigenvalue weighted by atomic mass is 10.1. The van der Waals surface area contributed by atoms with Gasteiger partial charge in [-0.25, -0.2) is 0 Å². The molecule has 4 rings (SSSR count). The molecule has 0 atom stereocenters. The smallest absolute Gasteiger partial charge is 0.416 e. The Labute approximate surface area is 239 Å². The summed E-state index contributed by atoms with van der Waals surface area (Å²) in [6.45, 7) is 3.99. The molecule has 0 bridgehead atoms. The fraction of sp³-hybridized carbons (Fsp3) is 0.133. The van der Waals surface area contributed by atoms with Crippen LogP contribution in [0.3, 0.4) is 0 Å². The lowest BCUT2D eigenvalue weighted by Gasteiger charge is -2.12. The number of ether oxygens (including phenoxy) is 1. The summed E-state index contributed by atoms with van der Waals surface area (Å²) in [6.07, 6.45) is -3.14. The van der Waals surface area contributed by atoms with Crippen molar-refractivity contribution in [1.29, 1.82) is 5.26 Å². The van der Waals surface area contributed by atoms with Gasteiger partial charge in [0.1, 0.15) is 24.0 Å². The van der Waals surface area contributed by atoms with Crippen molar-refractivity contribution in [2.45, 2.75) is 26.6 Å². The molecule has 0 aliphatic rings. The van der Waals surface area contributed by atoms with Crippen LogP contribution in [-0.4, -0.2) is 10.5 Å². The number of aryl methyl sites for hydroxylation is 1. The number of rotatable bonds is 7. The van der Waals surface area contributed by atoms with Crippen molar-refractivity contribution < 1.29 is 22.7 Å². The summed E-state index contributed by atoms with van der Waals surface area (Å²) in [6, 6.07) is 20.5. The van der Waals surface area contributed by atoms with E-state index >= 15 is 0 Å². The van der Waals surface area contributed by atoms with Gasteiger partial charge in [0.25, 0.3) is 5.91 Å². The van der Waals surface area contributed by atoms with Crippen molar-refractivity contribution in [3.63, 3.8) is 0 Å². The number of nitrogens with zero attached hydrogens (tertiary/aromatic N) is 2. The van der Waals surface area contributed by atoms with Gasteiger partial charge in [0.05, 0.1) is 5.56 Å². The summed E-state index contributed by atoms with van der Waals surface area (Å²) in [7, 11) is 0. The molecule has 0 unspecified atom stereocenters. The number of hydrogen-bond acceptors (Lipinski definition) is 3. The Morgan fingerprint density at radius 2 is 1.77 bits per heavy atom. The van der Waals surface area contributed by atoms with Crippen LogP contribution in [0.15, 0.2) is 78.4 Å². The van der Waals surface area contributed by atoms with Crippen LogP contribution in [0.1, 0.15) is 28.1 Å². The van der Waals surface area contributed by atoms with Crippen molar-refractivity contribution in [1.82, 2.24) is 4.57 Å². The van der Waals surface area contributed by atoms with Crippen LogP contribution in [-0.2, 0) is 17.6 Å². The molecule has 0 spiro atoms. The minimum Gasteiger partial charge on any atom is -0.489 e. The predicted octanol–water partition coefficient (Wildman–Crippen LogP) is 8.54. The largest absolute Gasteiger partial charge is 0.489 e. The Hall–Kier alpha value is -4.19. The minimum absolute atomic E-state index is 0.0629. The van der Waals surface area contributed by atoms with E-state index in [2.05, 4.69) is 5.32 Å².